The van der Waals surface area contributed by atoms with Crippen molar-refractivity contribution in [1.29, 1.82) is 0 Å². The number of carboxylic acids is 1. The fraction of sp³-hybridized carbons (Fsp3) is 0.357. The molecular formula is C14H15N3O3. The summed E-state index contributed by atoms with van der Waals surface area (Å²) in [5.41, 5.74) is 1.42. The van der Waals surface area contributed by atoms with Crippen molar-refractivity contribution in [3.63, 3.8) is 0 Å². The van der Waals surface area contributed by atoms with Crippen molar-refractivity contribution in [2.75, 3.05) is 0 Å². The Hall–Kier alpha value is -2.21. The first-order valence-electron chi connectivity index (χ1n) is 6.56. The Balaban J connectivity index is 1.86. The van der Waals surface area contributed by atoms with E-state index in [2.05, 4.69) is 10.3 Å². The molecule has 1 unspecified atom stereocenters. The van der Waals surface area contributed by atoms with E-state index in [1.165, 1.54) is 4.68 Å². The van der Waals surface area contributed by atoms with Gasteiger partial charge in [0.1, 0.15) is 0 Å². The lowest BCUT2D eigenvalue weighted by Gasteiger charge is -2.12. The summed E-state index contributed by atoms with van der Waals surface area (Å²) in [6.45, 7) is 0.218. The van der Waals surface area contributed by atoms with Gasteiger partial charge in [0.15, 0.2) is 5.69 Å². The summed E-state index contributed by atoms with van der Waals surface area (Å²) in [6, 6.07) is 9.24. The number of aliphatic hydroxyl groups is 1. The average molecular weight is 273 g/mol. The Kier molecular flexibility index (Phi) is 3.23. The van der Waals surface area contributed by atoms with Gasteiger partial charge in [0.25, 0.3) is 0 Å². The third kappa shape index (κ3) is 2.42. The minimum atomic E-state index is -1.06. The number of hydrogen-bond donors (Lipinski definition) is 2. The lowest BCUT2D eigenvalue weighted by atomic mass is 10.1. The van der Waals surface area contributed by atoms with Crippen LogP contribution in [-0.4, -0.2) is 31.2 Å². The van der Waals surface area contributed by atoms with Gasteiger partial charge in [0.05, 0.1) is 18.3 Å². The molecule has 3 rings (SSSR count). The molecule has 2 aromatic rings. The number of benzene rings is 1. The Morgan fingerprint density at radius 3 is 2.65 bits per heavy atom. The van der Waals surface area contributed by atoms with Crippen molar-refractivity contribution in [3.05, 3.63) is 47.3 Å². The van der Waals surface area contributed by atoms with Crippen LogP contribution in [-0.2, 0) is 6.54 Å². The molecule has 6 heteroatoms. The minimum absolute atomic E-state index is 0.00719. The van der Waals surface area contributed by atoms with Crippen LogP contribution in [0.3, 0.4) is 0 Å². The van der Waals surface area contributed by atoms with Crippen molar-refractivity contribution in [2.24, 2.45) is 0 Å². The van der Waals surface area contributed by atoms with Gasteiger partial charge in [-0.25, -0.2) is 9.48 Å². The monoisotopic (exact) mass is 273 g/mol. The van der Waals surface area contributed by atoms with Crippen LogP contribution in [0.5, 0.6) is 0 Å². The molecule has 1 aliphatic carbocycles. The molecule has 20 heavy (non-hydrogen) atoms. The number of aliphatic hydroxyl groups excluding tert-OH is 1. The van der Waals surface area contributed by atoms with Crippen LogP contribution >= 0.6 is 0 Å². The standard InChI is InChI=1S/C14H15N3O3/c18-11(9-4-2-1-3-5-9)8-17-13(10-6-7-10)12(14(19)20)15-16-17/h1-5,10-11,18H,6-8H2,(H,19,20). The van der Waals surface area contributed by atoms with Crippen molar-refractivity contribution >= 4 is 5.97 Å². The van der Waals surface area contributed by atoms with E-state index in [1.807, 2.05) is 30.3 Å². The van der Waals surface area contributed by atoms with E-state index in [-0.39, 0.29) is 18.2 Å². The number of carboxylic acid groups (broad SMARTS) is 1. The number of rotatable bonds is 5. The summed E-state index contributed by atoms with van der Waals surface area (Å²) in [5.74, 6) is -0.855. The van der Waals surface area contributed by atoms with E-state index in [0.29, 0.717) is 5.69 Å². The molecular weight excluding hydrogens is 258 g/mol. The second-order valence-corrected chi connectivity index (χ2v) is 5.01. The molecule has 1 saturated carbocycles. The Morgan fingerprint density at radius 1 is 1.35 bits per heavy atom. The average Bonchev–Trinajstić information content (AvgIpc) is 3.20. The molecule has 1 atom stereocenters. The molecule has 1 aromatic heterocycles. The molecule has 104 valence electrons. The smallest absolute Gasteiger partial charge is 0.358 e. The van der Waals surface area contributed by atoms with Crippen LogP contribution in [0.1, 0.15) is 46.6 Å². The van der Waals surface area contributed by atoms with Crippen molar-refractivity contribution in [3.8, 4) is 0 Å². The minimum Gasteiger partial charge on any atom is -0.476 e. The van der Waals surface area contributed by atoms with Crippen LogP contribution in [0.2, 0.25) is 0 Å². The summed E-state index contributed by atoms with van der Waals surface area (Å²) < 4.78 is 1.53. The van der Waals surface area contributed by atoms with Crippen LogP contribution in [0.4, 0.5) is 0 Å². The van der Waals surface area contributed by atoms with Crippen LogP contribution in [0, 0.1) is 0 Å². The zero-order valence-electron chi connectivity index (χ0n) is 10.8. The highest BCUT2D eigenvalue weighted by molar-refractivity contribution is 5.86. The van der Waals surface area contributed by atoms with Gasteiger partial charge in [-0.2, -0.15) is 0 Å². The molecule has 2 N–H and O–H groups in total. The lowest BCUT2D eigenvalue weighted by Crippen LogP contribution is -2.13. The molecule has 0 saturated heterocycles. The van der Waals surface area contributed by atoms with Gasteiger partial charge in [0.2, 0.25) is 0 Å². The summed E-state index contributed by atoms with van der Waals surface area (Å²) in [7, 11) is 0. The number of carbonyl (C=O) groups is 1. The molecule has 0 radical (unpaired) electrons. The fourth-order valence-corrected chi connectivity index (χ4v) is 2.31. The molecule has 0 bridgehead atoms. The molecule has 1 aliphatic rings. The van der Waals surface area contributed by atoms with Crippen molar-refractivity contribution in [1.82, 2.24) is 15.0 Å². The predicted octanol–water partition coefficient (Wildman–Crippen LogP) is 1.59. The normalized spacial score (nSPS) is 16.1. The van der Waals surface area contributed by atoms with E-state index in [0.717, 1.165) is 18.4 Å². The molecule has 1 fully saturated rings. The summed E-state index contributed by atoms with van der Waals surface area (Å²) in [4.78, 5) is 11.1. The van der Waals surface area contributed by atoms with Gasteiger partial charge in [-0.3, -0.25) is 0 Å². The third-order valence-electron chi connectivity index (χ3n) is 3.47. The van der Waals surface area contributed by atoms with E-state index in [4.69, 9.17) is 5.11 Å². The first kappa shape index (κ1) is 12.8. The predicted molar refractivity (Wildman–Crippen MR) is 70.4 cm³/mol. The van der Waals surface area contributed by atoms with Crippen molar-refractivity contribution in [2.45, 2.75) is 31.4 Å². The van der Waals surface area contributed by atoms with Gasteiger partial charge in [-0.05, 0) is 18.4 Å². The second-order valence-electron chi connectivity index (χ2n) is 5.01. The SMILES string of the molecule is O=C(O)c1nnn(CC(O)c2ccccc2)c1C1CC1. The molecule has 1 aromatic carbocycles. The number of aromatic nitrogens is 3. The van der Waals surface area contributed by atoms with Gasteiger partial charge < -0.3 is 10.2 Å². The van der Waals surface area contributed by atoms with Crippen LogP contribution in [0.15, 0.2) is 30.3 Å². The first-order chi connectivity index (χ1) is 9.66. The topological polar surface area (TPSA) is 88.2 Å². The summed E-state index contributed by atoms with van der Waals surface area (Å²) >= 11 is 0. The number of hydrogen-bond acceptors (Lipinski definition) is 4. The summed E-state index contributed by atoms with van der Waals surface area (Å²) in [6.07, 6.45) is 1.18. The van der Waals surface area contributed by atoms with Crippen LogP contribution < -0.4 is 0 Å². The highest BCUT2D eigenvalue weighted by Crippen LogP contribution is 2.41. The Morgan fingerprint density at radius 2 is 2.05 bits per heavy atom. The van der Waals surface area contributed by atoms with Crippen LogP contribution in [0.25, 0.3) is 0 Å². The van der Waals surface area contributed by atoms with E-state index < -0.39 is 12.1 Å². The van der Waals surface area contributed by atoms with Crippen molar-refractivity contribution < 1.29 is 15.0 Å². The molecule has 0 aliphatic heterocycles. The molecule has 1 heterocycles. The number of nitrogens with zero attached hydrogens (tertiary/aromatic N) is 3. The third-order valence-corrected chi connectivity index (χ3v) is 3.47. The lowest BCUT2D eigenvalue weighted by molar-refractivity contribution is 0.0688. The maximum atomic E-state index is 11.1. The second kappa shape index (κ2) is 5.05. The number of aromatic carboxylic acids is 1. The largest absolute Gasteiger partial charge is 0.476 e. The highest BCUT2D eigenvalue weighted by atomic mass is 16.4. The van der Waals surface area contributed by atoms with E-state index >= 15 is 0 Å². The van der Waals surface area contributed by atoms with Gasteiger partial charge in [-0.1, -0.05) is 35.5 Å². The zero-order chi connectivity index (χ0) is 14.1. The van der Waals surface area contributed by atoms with Gasteiger partial charge in [0, 0.05) is 5.92 Å². The molecule has 6 nitrogen and oxygen atoms in total. The maximum absolute atomic E-state index is 11.1. The Labute approximate surface area is 115 Å². The maximum Gasteiger partial charge on any atom is 0.358 e. The van der Waals surface area contributed by atoms with Gasteiger partial charge in [-0.15, -0.1) is 5.10 Å². The summed E-state index contributed by atoms with van der Waals surface area (Å²) in [5, 5.41) is 27.0. The first-order valence-corrected chi connectivity index (χ1v) is 6.56. The van der Waals surface area contributed by atoms with E-state index in [9.17, 15) is 9.90 Å². The fourth-order valence-electron chi connectivity index (χ4n) is 2.31. The quantitative estimate of drug-likeness (QED) is 0.863. The highest BCUT2D eigenvalue weighted by Gasteiger charge is 2.34. The Bertz CT molecular complexity index is 620. The zero-order valence-corrected chi connectivity index (χ0v) is 10.8. The molecule has 0 amide bonds. The molecule has 0 spiro atoms. The van der Waals surface area contributed by atoms with Gasteiger partial charge >= 0.3 is 5.97 Å². The van der Waals surface area contributed by atoms with E-state index in [1.54, 1.807) is 0 Å².